The van der Waals surface area contributed by atoms with Crippen LogP contribution in [0.2, 0.25) is 0 Å². The van der Waals surface area contributed by atoms with E-state index in [2.05, 4.69) is 12.2 Å². The van der Waals surface area contributed by atoms with Crippen LogP contribution < -0.4 is 5.32 Å². The molecule has 4 nitrogen and oxygen atoms in total. The Morgan fingerprint density at radius 1 is 1.19 bits per heavy atom. The first-order valence-corrected chi connectivity index (χ1v) is 10.6. The lowest BCUT2D eigenvalue weighted by Gasteiger charge is -2.33. The number of hydrogen-bond acceptors (Lipinski definition) is 4. The van der Waals surface area contributed by atoms with E-state index in [-0.39, 0.29) is 10.3 Å². The zero-order chi connectivity index (χ0) is 15.5. The fraction of sp³-hybridized carbons (Fsp3) is 0.600. The molecule has 0 aromatic heterocycles. The molecule has 1 N–H and O–H groups in total. The molecule has 6 heteroatoms. The van der Waals surface area contributed by atoms with Crippen molar-refractivity contribution in [3.8, 4) is 0 Å². The van der Waals surface area contributed by atoms with Crippen molar-refractivity contribution in [2.75, 3.05) is 25.1 Å². The summed E-state index contributed by atoms with van der Waals surface area (Å²) in [6.07, 6.45) is 4.39. The van der Waals surface area contributed by atoms with Crippen LogP contribution in [0.3, 0.4) is 0 Å². The lowest BCUT2D eigenvalue weighted by Crippen LogP contribution is -2.35. The van der Waals surface area contributed by atoms with E-state index in [9.17, 15) is 12.6 Å². The minimum absolute atomic E-state index is 0.278. The molecular formula is C15H24NO3S2+. The molecule has 1 saturated heterocycles. The molecule has 0 spiro atoms. The van der Waals surface area contributed by atoms with Gasteiger partial charge in [-0.3, -0.25) is 0 Å². The maximum atomic E-state index is 12.4. The quantitative estimate of drug-likeness (QED) is 0.662. The summed E-state index contributed by atoms with van der Waals surface area (Å²) in [6, 6.07) is 6.45. The Kier molecular flexibility index (Phi) is 5.22. The van der Waals surface area contributed by atoms with E-state index < -0.39 is 20.6 Å². The third-order valence-electron chi connectivity index (χ3n) is 4.28. The number of benzene rings is 1. The molecule has 0 amide bonds. The van der Waals surface area contributed by atoms with E-state index in [1.807, 2.05) is 0 Å². The van der Waals surface area contributed by atoms with Gasteiger partial charge in [-0.2, -0.15) is 0 Å². The summed E-state index contributed by atoms with van der Waals surface area (Å²) < 4.78 is 35.2. The Bertz CT molecular complexity index is 602. The van der Waals surface area contributed by atoms with Gasteiger partial charge >= 0.3 is 0 Å². The summed E-state index contributed by atoms with van der Waals surface area (Å²) in [6.45, 7) is 4.34. The molecule has 1 heterocycles. The van der Waals surface area contributed by atoms with Gasteiger partial charge in [0.2, 0.25) is 0 Å². The summed E-state index contributed by atoms with van der Waals surface area (Å²) in [5, 5.41) is 3.35. The van der Waals surface area contributed by atoms with Crippen molar-refractivity contribution in [1.82, 2.24) is 5.32 Å². The van der Waals surface area contributed by atoms with Gasteiger partial charge in [-0.25, -0.2) is 8.42 Å². The minimum Gasteiger partial charge on any atom is -0.317 e. The van der Waals surface area contributed by atoms with Gasteiger partial charge in [-0.15, -0.1) is 4.21 Å². The number of rotatable bonds is 5. The van der Waals surface area contributed by atoms with Crippen LogP contribution in [0, 0.1) is 5.41 Å². The molecule has 1 aliphatic rings. The normalized spacial score (nSPS) is 20.1. The molecular weight excluding hydrogens is 306 g/mol. The van der Waals surface area contributed by atoms with Crippen LogP contribution in [0.1, 0.15) is 26.2 Å². The standard InChI is InChI=1S/C15H23NO3S2/c1-15(7-10-16-11-8-15)9-12-20(17)13-3-5-14(6-4-13)21(2,18)19/h3-6,16H,7-12H2,1-2H3/p+1. The highest BCUT2D eigenvalue weighted by molar-refractivity contribution is 7.90. The van der Waals surface area contributed by atoms with Gasteiger partial charge in [-0.05, 0) is 62.0 Å². The number of nitrogens with one attached hydrogen (secondary N) is 1. The first-order valence-electron chi connectivity index (χ1n) is 7.26. The maximum Gasteiger partial charge on any atom is 0.175 e. The second-order valence-electron chi connectivity index (χ2n) is 6.18. The maximum absolute atomic E-state index is 12.4. The predicted molar refractivity (Wildman–Crippen MR) is 87.0 cm³/mol. The predicted octanol–water partition coefficient (Wildman–Crippen LogP) is 1.92. The molecule has 0 aliphatic carbocycles. The van der Waals surface area contributed by atoms with Crippen LogP contribution in [-0.2, 0) is 24.8 Å². The Labute approximate surface area is 129 Å². The molecule has 1 atom stereocenters. The lowest BCUT2D eigenvalue weighted by molar-refractivity contribution is 0.222. The Morgan fingerprint density at radius 3 is 2.29 bits per heavy atom. The number of thiol groups is 1. The van der Waals surface area contributed by atoms with E-state index in [0.717, 1.165) is 37.2 Å². The molecule has 1 aromatic rings. The van der Waals surface area contributed by atoms with Gasteiger partial charge in [0.1, 0.15) is 16.6 Å². The molecule has 1 fully saturated rings. The number of sulfone groups is 1. The van der Waals surface area contributed by atoms with Crippen molar-refractivity contribution in [1.29, 1.82) is 0 Å². The van der Waals surface area contributed by atoms with Crippen molar-refractivity contribution in [3.05, 3.63) is 24.3 Å². The van der Waals surface area contributed by atoms with Crippen molar-refractivity contribution < 1.29 is 12.6 Å². The van der Waals surface area contributed by atoms with Gasteiger partial charge < -0.3 is 5.32 Å². The highest BCUT2D eigenvalue weighted by atomic mass is 32.2. The summed E-state index contributed by atoms with van der Waals surface area (Å²) >= 11 is 0. The van der Waals surface area contributed by atoms with Crippen molar-refractivity contribution >= 4 is 20.6 Å². The molecule has 118 valence electrons. The molecule has 0 saturated carbocycles. The van der Waals surface area contributed by atoms with Crippen LogP contribution in [-0.4, -0.2) is 33.5 Å². The van der Waals surface area contributed by atoms with Gasteiger partial charge in [-0.1, -0.05) is 6.92 Å². The van der Waals surface area contributed by atoms with Gasteiger partial charge in [0.15, 0.2) is 14.7 Å². The molecule has 21 heavy (non-hydrogen) atoms. The zero-order valence-corrected chi connectivity index (χ0v) is 14.3. The van der Waals surface area contributed by atoms with Crippen LogP contribution in [0.4, 0.5) is 0 Å². The van der Waals surface area contributed by atoms with Crippen LogP contribution in [0.5, 0.6) is 0 Å². The zero-order valence-electron chi connectivity index (χ0n) is 12.6. The Morgan fingerprint density at radius 2 is 1.76 bits per heavy atom. The van der Waals surface area contributed by atoms with Crippen LogP contribution >= 0.6 is 0 Å². The molecule has 0 radical (unpaired) electrons. The average molecular weight is 330 g/mol. The average Bonchev–Trinajstić information content (AvgIpc) is 2.45. The largest absolute Gasteiger partial charge is 0.317 e. The fourth-order valence-electron chi connectivity index (χ4n) is 2.64. The van der Waals surface area contributed by atoms with Crippen molar-refractivity contribution in [2.24, 2.45) is 5.41 Å². The third kappa shape index (κ3) is 4.63. The molecule has 1 aliphatic heterocycles. The van der Waals surface area contributed by atoms with E-state index in [1.165, 1.54) is 6.26 Å². The first kappa shape index (κ1) is 16.6. The van der Waals surface area contributed by atoms with Crippen molar-refractivity contribution in [3.63, 3.8) is 0 Å². The first-order chi connectivity index (χ1) is 9.80. The van der Waals surface area contributed by atoms with E-state index in [4.69, 9.17) is 0 Å². The summed E-state index contributed by atoms with van der Waals surface area (Å²) in [7, 11) is -4.63. The number of hydrogen-bond donors (Lipinski definition) is 1. The monoisotopic (exact) mass is 330 g/mol. The summed E-state index contributed by atoms with van der Waals surface area (Å²) in [4.78, 5) is 1.02. The van der Waals surface area contributed by atoms with Crippen molar-refractivity contribution in [2.45, 2.75) is 36.0 Å². The van der Waals surface area contributed by atoms with E-state index in [1.54, 1.807) is 24.3 Å². The van der Waals surface area contributed by atoms with Gasteiger partial charge in [0.25, 0.3) is 0 Å². The highest BCUT2D eigenvalue weighted by Crippen LogP contribution is 2.32. The lowest BCUT2D eigenvalue weighted by atomic mass is 9.79. The second-order valence-corrected chi connectivity index (χ2v) is 9.92. The Balaban J connectivity index is 1.97. The topological polar surface area (TPSA) is 63.2 Å². The molecule has 0 bridgehead atoms. The van der Waals surface area contributed by atoms with Gasteiger partial charge in [0, 0.05) is 6.26 Å². The fourth-order valence-corrected chi connectivity index (χ4v) is 4.75. The third-order valence-corrected chi connectivity index (χ3v) is 6.91. The molecule has 2 rings (SSSR count). The minimum atomic E-state index is -3.19. The van der Waals surface area contributed by atoms with E-state index in [0.29, 0.717) is 5.75 Å². The SMILES string of the molecule is CC1(CC[SH+](=O)c2ccc(S(C)(=O)=O)cc2)CCNCC1. The Hall–Kier alpha value is -0.720. The van der Waals surface area contributed by atoms with Crippen LogP contribution in [0.15, 0.2) is 34.1 Å². The summed E-state index contributed by atoms with van der Waals surface area (Å²) in [5.41, 5.74) is 0.281. The number of piperidine rings is 1. The van der Waals surface area contributed by atoms with E-state index >= 15 is 0 Å². The summed E-state index contributed by atoms with van der Waals surface area (Å²) in [5.74, 6) is 0.671. The smallest absolute Gasteiger partial charge is 0.175 e. The second kappa shape index (κ2) is 6.58. The van der Waals surface area contributed by atoms with Gasteiger partial charge in [0.05, 0.1) is 4.90 Å². The molecule has 1 aromatic carbocycles. The van der Waals surface area contributed by atoms with Crippen LogP contribution in [0.25, 0.3) is 0 Å². The molecule has 1 unspecified atom stereocenters. The highest BCUT2D eigenvalue weighted by Gasteiger charge is 2.28.